The number of rotatable bonds is 4. The van der Waals surface area contributed by atoms with Crippen molar-refractivity contribution in [1.82, 2.24) is 10.2 Å². The Labute approximate surface area is 97.4 Å². The summed E-state index contributed by atoms with van der Waals surface area (Å²) >= 11 is 0. The van der Waals surface area contributed by atoms with Gasteiger partial charge in [0.1, 0.15) is 5.78 Å². The number of carbonyl (C=O) groups is 2. The summed E-state index contributed by atoms with van der Waals surface area (Å²) in [6.45, 7) is 7.29. The Kier molecular flexibility index (Phi) is 4.08. The first-order valence-electron chi connectivity index (χ1n) is 5.93. The van der Waals surface area contributed by atoms with Crippen LogP contribution in [-0.2, 0) is 9.59 Å². The van der Waals surface area contributed by atoms with Gasteiger partial charge in [-0.05, 0) is 26.8 Å². The van der Waals surface area contributed by atoms with E-state index < -0.39 is 0 Å². The first kappa shape index (κ1) is 13.2. The summed E-state index contributed by atoms with van der Waals surface area (Å²) in [5.41, 5.74) is -0.336. The minimum Gasteiger partial charge on any atom is -0.359 e. The van der Waals surface area contributed by atoms with E-state index in [0.29, 0.717) is 13.0 Å². The maximum atomic E-state index is 11.7. The molecule has 0 aromatic rings. The van der Waals surface area contributed by atoms with Crippen LogP contribution in [0.4, 0.5) is 0 Å². The molecular formula is C12H22N2O2. The third-order valence-corrected chi connectivity index (χ3v) is 3.64. The monoisotopic (exact) mass is 226 g/mol. The van der Waals surface area contributed by atoms with Crippen molar-refractivity contribution in [3.05, 3.63) is 0 Å². The first-order valence-corrected chi connectivity index (χ1v) is 5.93. The Morgan fingerprint density at radius 2 is 2.12 bits per heavy atom. The smallest absolute Gasteiger partial charge is 0.227 e. The molecule has 2 atom stereocenters. The molecule has 0 aliphatic carbocycles. The normalized spacial score (nSPS) is 27.8. The largest absolute Gasteiger partial charge is 0.359 e. The number of carbonyl (C=O) groups excluding carboxylic acids is 2. The van der Waals surface area contributed by atoms with Crippen LogP contribution in [0.5, 0.6) is 0 Å². The van der Waals surface area contributed by atoms with E-state index in [9.17, 15) is 9.59 Å². The van der Waals surface area contributed by atoms with Crippen molar-refractivity contribution in [3.8, 4) is 0 Å². The summed E-state index contributed by atoms with van der Waals surface area (Å²) in [5.74, 6) is 0.326. The number of hydrogen-bond donors (Lipinski definition) is 1. The molecule has 4 heteroatoms. The van der Waals surface area contributed by atoms with Crippen molar-refractivity contribution in [3.63, 3.8) is 0 Å². The van der Waals surface area contributed by atoms with Gasteiger partial charge in [-0.25, -0.2) is 0 Å². The summed E-state index contributed by atoms with van der Waals surface area (Å²) < 4.78 is 0. The highest BCUT2D eigenvalue weighted by atomic mass is 16.2. The van der Waals surface area contributed by atoms with Crippen LogP contribution in [0.3, 0.4) is 0 Å². The molecule has 1 N–H and O–H groups in total. The molecule has 92 valence electrons. The molecule has 0 radical (unpaired) electrons. The lowest BCUT2D eigenvalue weighted by Crippen LogP contribution is -2.42. The molecule has 0 bridgehead atoms. The number of hydrogen-bond acceptors (Lipinski definition) is 3. The van der Waals surface area contributed by atoms with E-state index >= 15 is 0 Å². The quantitative estimate of drug-likeness (QED) is 0.772. The maximum Gasteiger partial charge on any atom is 0.227 e. The van der Waals surface area contributed by atoms with Gasteiger partial charge in [-0.1, -0.05) is 6.92 Å². The molecule has 4 nitrogen and oxygen atoms in total. The number of likely N-dealkylation sites (tertiary alicyclic amines) is 1. The van der Waals surface area contributed by atoms with E-state index in [2.05, 4.69) is 10.2 Å². The summed E-state index contributed by atoms with van der Waals surface area (Å²) in [7, 11) is 1.66. The van der Waals surface area contributed by atoms with Gasteiger partial charge in [0.25, 0.3) is 0 Å². The number of Topliss-reactive ketones (excluding diaryl/α,β-unsaturated/α-hetero) is 1. The standard InChI is InChI=1S/C12H22N2O2/c1-5-10(15)9(2)14-7-6-12(3,8-14)11(16)13-4/h9H,5-8H2,1-4H3,(H,13,16). The van der Waals surface area contributed by atoms with Gasteiger partial charge in [0.2, 0.25) is 5.91 Å². The van der Waals surface area contributed by atoms with Crippen molar-refractivity contribution < 1.29 is 9.59 Å². The molecule has 2 unspecified atom stereocenters. The van der Waals surface area contributed by atoms with Gasteiger partial charge in [0.15, 0.2) is 0 Å². The molecule has 16 heavy (non-hydrogen) atoms. The summed E-state index contributed by atoms with van der Waals surface area (Å²) in [6.07, 6.45) is 1.39. The van der Waals surface area contributed by atoms with E-state index in [1.165, 1.54) is 0 Å². The number of nitrogens with one attached hydrogen (secondary N) is 1. The zero-order valence-corrected chi connectivity index (χ0v) is 10.7. The van der Waals surface area contributed by atoms with E-state index in [4.69, 9.17) is 0 Å². The average molecular weight is 226 g/mol. The molecule has 0 saturated carbocycles. The predicted octanol–water partition coefficient (Wildman–Crippen LogP) is 0.812. The van der Waals surface area contributed by atoms with E-state index in [1.807, 2.05) is 20.8 Å². The Balaban J connectivity index is 2.65. The lowest BCUT2D eigenvalue weighted by molar-refractivity contribution is -0.130. The number of ketones is 1. The van der Waals surface area contributed by atoms with Crippen molar-refractivity contribution in [2.75, 3.05) is 20.1 Å². The second-order valence-electron chi connectivity index (χ2n) is 4.86. The molecule has 1 saturated heterocycles. The lowest BCUT2D eigenvalue weighted by atomic mass is 9.89. The zero-order chi connectivity index (χ0) is 12.3. The van der Waals surface area contributed by atoms with E-state index in [-0.39, 0.29) is 23.1 Å². The van der Waals surface area contributed by atoms with Gasteiger partial charge in [-0.2, -0.15) is 0 Å². The highest BCUT2D eigenvalue weighted by Gasteiger charge is 2.41. The van der Waals surface area contributed by atoms with Gasteiger partial charge in [0, 0.05) is 20.0 Å². The third kappa shape index (κ3) is 2.43. The van der Waals surface area contributed by atoms with E-state index in [1.54, 1.807) is 7.05 Å². The molecule has 0 spiro atoms. The molecular weight excluding hydrogens is 204 g/mol. The minimum absolute atomic E-state index is 0.0588. The number of nitrogens with zero attached hydrogens (tertiary/aromatic N) is 1. The van der Waals surface area contributed by atoms with Gasteiger partial charge in [-0.15, -0.1) is 0 Å². The van der Waals surface area contributed by atoms with Crippen LogP contribution in [0.2, 0.25) is 0 Å². The Morgan fingerprint density at radius 3 is 2.62 bits per heavy atom. The fraction of sp³-hybridized carbons (Fsp3) is 0.833. The molecule has 0 aromatic carbocycles. The molecule has 1 aliphatic heterocycles. The molecule has 1 amide bonds. The van der Waals surface area contributed by atoms with Crippen molar-refractivity contribution in [1.29, 1.82) is 0 Å². The maximum absolute atomic E-state index is 11.7. The first-order chi connectivity index (χ1) is 7.44. The predicted molar refractivity (Wildman–Crippen MR) is 63.1 cm³/mol. The Hall–Kier alpha value is -0.900. The summed E-state index contributed by atoms with van der Waals surface area (Å²) in [6, 6.07) is -0.0588. The topological polar surface area (TPSA) is 49.4 Å². The van der Waals surface area contributed by atoms with Gasteiger partial charge in [-0.3, -0.25) is 14.5 Å². The minimum atomic E-state index is -0.336. The molecule has 1 heterocycles. The molecule has 0 aromatic heterocycles. The van der Waals surface area contributed by atoms with Gasteiger partial charge >= 0.3 is 0 Å². The summed E-state index contributed by atoms with van der Waals surface area (Å²) in [5, 5.41) is 2.70. The highest BCUT2D eigenvalue weighted by Crippen LogP contribution is 2.31. The van der Waals surface area contributed by atoms with Crippen LogP contribution >= 0.6 is 0 Å². The molecule has 1 aliphatic rings. The second-order valence-corrected chi connectivity index (χ2v) is 4.86. The van der Waals surface area contributed by atoms with Crippen molar-refractivity contribution in [2.45, 2.75) is 39.7 Å². The fourth-order valence-electron chi connectivity index (χ4n) is 2.31. The summed E-state index contributed by atoms with van der Waals surface area (Å²) in [4.78, 5) is 25.4. The van der Waals surface area contributed by atoms with Crippen LogP contribution in [0.1, 0.15) is 33.6 Å². The van der Waals surface area contributed by atoms with Crippen LogP contribution in [0.15, 0.2) is 0 Å². The highest BCUT2D eigenvalue weighted by molar-refractivity contribution is 5.84. The van der Waals surface area contributed by atoms with Crippen molar-refractivity contribution >= 4 is 11.7 Å². The third-order valence-electron chi connectivity index (χ3n) is 3.64. The van der Waals surface area contributed by atoms with E-state index in [0.717, 1.165) is 13.0 Å². The van der Waals surface area contributed by atoms with Crippen LogP contribution in [0, 0.1) is 5.41 Å². The SMILES string of the molecule is CCC(=O)C(C)N1CCC(C)(C(=O)NC)C1. The Bertz CT molecular complexity index is 291. The fourth-order valence-corrected chi connectivity index (χ4v) is 2.31. The van der Waals surface area contributed by atoms with Gasteiger partial charge < -0.3 is 5.32 Å². The average Bonchev–Trinajstić information content (AvgIpc) is 2.70. The lowest BCUT2D eigenvalue weighted by Gasteiger charge is -2.26. The van der Waals surface area contributed by atoms with Crippen LogP contribution < -0.4 is 5.32 Å². The van der Waals surface area contributed by atoms with Crippen LogP contribution in [-0.4, -0.2) is 42.8 Å². The second kappa shape index (κ2) is 4.95. The Morgan fingerprint density at radius 1 is 1.50 bits per heavy atom. The zero-order valence-electron chi connectivity index (χ0n) is 10.7. The van der Waals surface area contributed by atoms with Crippen molar-refractivity contribution in [2.24, 2.45) is 5.41 Å². The molecule has 1 rings (SSSR count). The number of amides is 1. The van der Waals surface area contributed by atoms with Gasteiger partial charge in [0.05, 0.1) is 11.5 Å². The van der Waals surface area contributed by atoms with Crippen LogP contribution in [0.25, 0.3) is 0 Å². The molecule has 1 fully saturated rings.